The molecule has 2 heteroatoms. The lowest BCUT2D eigenvalue weighted by molar-refractivity contribution is -0.0622. The third-order valence-electron chi connectivity index (χ3n) is 3.80. The molecule has 0 aromatic heterocycles. The summed E-state index contributed by atoms with van der Waals surface area (Å²) in [6.45, 7) is 4.46. The molecule has 0 aromatic carbocycles. The molecule has 1 atom stereocenters. The van der Waals surface area contributed by atoms with Crippen LogP contribution in [0.3, 0.4) is 0 Å². The smallest absolute Gasteiger partial charge is 0.0791 e. The largest absolute Gasteiger partial charge is 0.388 e. The second kappa shape index (κ2) is 3.16. The summed E-state index contributed by atoms with van der Waals surface area (Å²) < 4.78 is 0. The van der Waals surface area contributed by atoms with Crippen molar-refractivity contribution in [1.29, 1.82) is 0 Å². The highest BCUT2D eigenvalue weighted by atomic mass is 32.2. The van der Waals surface area contributed by atoms with Gasteiger partial charge >= 0.3 is 0 Å². The molecule has 0 spiro atoms. The van der Waals surface area contributed by atoms with Crippen LogP contribution in [0.2, 0.25) is 0 Å². The van der Waals surface area contributed by atoms with Crippen molar-refractivity contribution in [2.24, 2.45) is 11.3 Å². The van der Waals surface area contributed by atoms with Crippen molar-refractivity contribution < 1.29 is 5.11 Å². The molecular formula is C11H20OS. The molecule has 1 N–H and O–H groups in total. The first-order valence-electron chi connectivity index (χ1n) is 5.34. The van der Waals surface area contributed by atoms with Gasteiger partial charge in [0, 0.05) is 5.75 Å². The first-order valence-corrected chi connectivity index (χ1v) is 6.49. The number of rotatable bonds is 2. The molecule has 2 rings (SSSR count). The SMILES string of the molecule is CC1(C)CCSCC1(O)CC1CC1. The standard InChI is InChI=1S/C11H20OS/c1-10(2)5-6-13-8-11(10,12)7-9-3-4-9/h9,12H,3-8H2,1-2H3. The minimum atomic E-state index is -0.378. The van der Waals surface area contributed by atoms with Crippen molar-refractivity contribution >= 4 is 11.8 Å². The van der Waals surface area contributed by atoms with Crippen LogP contribution in [0, 0.1) is 11.3 Å². The zero-order valence-electron chi connectivity index (χ0n) is 8.68. The average molecular weight is 200 g/mol. The van der Waals surface area contributed by atoms with E-state index in [1.54, 1.807) is 0 Å². The van der Waals surface area contributed by atoms with Gasteiger partial charge in [-0.25, -0.2) is 0 Å². The van der Waals surface area contributed by atoms with Gasteiger partial charge in [0.05, 0.1) is 5.60 Å². The average Bonchev–Trinajstić information content (AvgIpc) is 2.80. The maximum Gasteiger partial charge on any atom is 0.0791 e. The van der Waals surface area contributed by atoms with Crippen molar-refractivity contribution in [3.05, 3.63) is 0 Å². The third kappa shape index (κ3) is 1.89. The highest BCUT2D eigenvalue weighted by Gasteiger charge is 2.47. The minimum Gasteiger partial charge on any atom is -0.388 e. The van der Waals surface area contributed by atoms with Crippen LogP contribution in [0.1, 0.15) is 39.5 Å². The maximum atomic E-state index is 10.6. The van der Waals surface area contributed by atoms with Crippen LogP contribution >= 0.6 is 11.8 Å². The van der Waals surface area contributed by atoms with E-state index in [9.17, 15) is 5.11 Å². The van der Waals surface area contributed by atoms with Crippen molar-refractivity contribution in [1.82, 2.24) is 0 Å². The Morgan fingerprint density at radius 2 is 2.08 bits per heavy atom. The molecule has 76 valence electrons. The summed E-state index contributed by atoms with van der Waals surface area (Å²) in [5, 5.41) is 10.6. The molecule has 1 nitrogen and oxygen atoms in total. The van der Waals surface area contributed by atoms with Crippen LogP contribution < -0.4 is 0 Å². The lowest BCUT2D eigenvalue weighted by Crippen LogP contribution is -2.50. The summed E-state index contributed by atoms with van der Waals surface area (Å²) in [6.07, 6.45) is 4.92. The molecule has 1 saturated carbocycles. The molecule has 1 unspecified atom stereocenters. The molecule has 1 heterocycles. The molecule has 1 saturated heterocycles. The van der Waals surface area contributed by atoms with E-state index in [0.29, 0.717) is 0 Å². The van der Waals surface area contributed by atoms with Gasteiger partial charge in [-0.05, 0) is 29.9 Å². The van der Waals surface area contributed by atoms with Gasteiger partial charge in [0.2, 0.25) is 0 Å². The topological polar surface area (TPSA) is 20.2 Å². The second-order valence-electron chi connectivity index (χ2n) is 5.37. The Morgan fingerprint density at radius 1 is 1.38 bits per heavy atom. The predicted octanol–water partition coefficient (Wildman–Crippen LogP) is 2.68. The second-order valence-corrected chi connectivity index (χ2v) is 6.47. The first kappa shape index (κ1) is 9.85. The highest BCUT2D eigenvalue weighted by molar-refractivity contribution is 7.99. The van der Waals surface area contributed by atoms with E-state index in [1.165, 1.54) is 25.0 Å². The van der Waals surface area contributed by atoms with E-state index < -0.39 is 0 Å². The van der Waals surface area contributed by atoms with Gasteiger partial charge in [-0.2, -0.15) is 11.8 Å². The summed E-state index contributed by atoms with van der Waals surface area (Å²) in [5.41, 5.74) is -0.238. The van der Waals surface area contributed by atoms with E-state index in [-0.39, 0.29) is 11.0 Å². The predicted molar refractivity (Wildman–Crippen MR) is 58.0 cm³/mol. The van der Waals surface area contributed by atoms with Gasteiger partial charge in [0.25, 0.3) is 0 Å². The lowest BCUT2D eigenvalue weighted by Gasteiger charge is -2.46. The molecule has 1 aliphatic heterocycles. The van der Waals surface area contributed by atoms with E-state index in [0.717, 1.165) is 18.1 Å². The van der Waals surface area contributed by atoms with Crippen LogP contribution in [-0.4, -0.2) is 22.2 Å². The molecular weight excluding hydrogens is 180 g/mol. The molecule has 2 aliphatic rings. The first-order chi connectivity index (χ1) is 6.04. The monoisotopic (exact) mass is 200 g/mol. The lowest BCUT2D eigenvalue weighted by atomic mass is 9.71. The Bertz CT molecular complexity index is 198. The van der Waals surface area contributed by atoms with Crippen molar-refractivity contribution in [2.75, 3.05) is 11.5 Å². The van der Waals surface area contributed by atoms with Crippen LogP contribution in [-0.2, 0) is 0 Å². The van der Waals surface area contributed by atoms with Gasteiger partial charge in [0.1, 0.15) is 0 Å². The fourth-order valence-corrected chi connectivity index (χ4v) is 3.78. The number of hydrogen-bond acceptors (Lipinski definition) is 2. The molecule has 2 fully saturated rings. The summed E-state index contributed by atoms with van der Waals surface area (Å²) >= 11 is 1.92. The zero-order valence-corrected chi connectivity index (χ0v) is 9.49. The molecule has 0 radical (unpaired) electrons. The van der Waals surface area contributed by atoms with E-state index >= 15 is 0 Å². The quantitative estimate of drug-likeness (QED) is 0.739. The Morgan fingerprint density at radius 3 is 2.62 bits per heavy atom. The van der Waals surface area contributed by atoms with Crippen LogP contribution in [0.25, 0.3) is 0 Å². The van der Waals surface area contributed by atoms with Gasteiger partial charge in [-0.15, -0.1) is 0 Å². The zero-order chi connectivity index (χ0) is 9.53. The molecule has 0 bridgehead atoms. The van der Waals surface area contributed by atoms with E-state index in [2.05, 4.69) is 13.8 Å². The Kier molecular flexibility index (Phi) is 2.40. The van der Waals surface area contributed by atoms with E-state index in [4.69, 9.17) is 0 Å². The maximum absolute atomic E-state index is 10.6. The molecule has 0 aromatic rings. The summed E-state index contributed by atoms with van der Waals surface area (Å²) in [7, 11) is 0. The minimum absolute atomic E-state index is 0.140. The number of hydrogen-bond donors (Lipinski definition) is 1. The van der Waals surface area contributed by atoms with Crippen LogP contribution in [0.15, 0.2) is 0 Å². The molecule has 1 aliphatic carbocycles. The fraction of sp³-hybridized carbons (Fsp3) is 1.00. The highest BCUT2D eigenvalue weighted by Crippen LogP contribution is 2.49. The normalized spacial score (nSPS) is 39.0. The summed E-state index contributed by atoms with van der Waals surface area (Å²) in [4.78, 5) is 0. The van der Waals surface area contributed by atoms with E-state index in [1.807, 2.05) is 11.8 Å². The van der Waals surface area contributed by atoms with Crippen molar-refractivity contribution in [2.45, 2.75) is 45.1 Å². The third-order valence-corrected chi connectivity index (χ3v) is 4.97. The Labute approximate surface area is 85.3 Å². The Hall–Kier alpha value is 0.310. The van der Waals surface area contributed by atoms with Crippen molar-refractivity contribution in [3.63, 3.8) is 0 Å². The molecule has 13 heavy (non-hydrogen) atoms. The van der Waals surface area contributed by atoms with Gasteiger partial charge in [0.15, 0.2) is 0 Å². The summed E-state index contributed by atoms with van der Waals surface area (Å²) in [6, 6.07) is 0. The van der Waals surface area contributed by atoms with Gasteiger partial charge in [-0.3, -0.25) is 0 Å². The number of thioether (sulfide) groups is 1. The fourth-order valence-electron chi connectivity index (χ4n) is 2.13. The van der Waals surface area contributed by atoms with Gasteiger partial charge in [-0.1, -0.05) is 26.7 Å². The van der Waals surface area contributed by atoms with Gasteiger partial charge < -0.3 is 5.11 Å². The summed E-state index contributed by atoms with van der Waals surface area (Å²) in [5.74, 6) is 3.01. The molecule has 0 amide bonds. The number of aliphatic hydroxyl groups is 1. The van der Waals surface area contributed by atoms with Crippen LogP contribution in [0.4, 0.5) is 0 Å². The Balaban J connectivity index is 2.06. The van der Waals surface area contributed by atoms with Crippen LogP contribution in [0.5, 0.6) is 0 Å². The van der Waals surface area contributed by atoms with Crippen molar-refractivity contribution in [3.8, 4) is 0 Å².